The van der Waals surface area contributed by atoms with Gasteiger partial charge in [0.1, 0.15) is 6.07 Å². The standard InChI is InChI=1S/C20H20N4O2S/c1-14(19(25)22-16-8-4-3-7-15(16)13-21)27-20-23-17-9-5-6-10-18(17)24(20)11-12-26-2/h3-10,14H,11-12H2,1-2H3,(H,22,25)/t14-/m1/s1. The van der Waals surface area contributed by atoms with E-state index in [0.717, 1.165) is 16.2 Å². The number of carbonyl (C=O) groups is 1. The molecular formula is C20H20N4O2S. The van der Waals surface area contributed by atoms with Crippen molar-refractivity contribution in [3.63, 3.8) is 0 Å². The summed E-state index contributed by atoms with van der Waals surface area (Å²) in [6, 6.07) is 16.9. The second-order valence-corrected chi connectivity index (χ2v) is 7.24. The molecule has 0 bridgehead atoms. The lowest BCUT2D eigenvalue weighted by Gasteiger charge is -2.14. The van der Waals surface area contributed by atoms with Crippen LogP contribution < -0.4 is 5.32 Å². The SMILES string of the molecule is COCCn1c(S[C@H](C)C(=O)Nc2ccccc2C#N)nc2ccccc21. The summed E-state index contributed by atoms with van der Waals surface area (Å²) in [4.78, 5) is 17.3. The van der Waals surface area contributed by atoms with Gasteiger partial charge in [-0.2, -0.15) is 5.26 Å². The van der Waals surface area contributed by atoms with Gasteiger partial charge in [0.15, 0.2) is 5.16 Å². The summed E-state index contributed by atoms with van der Waals surface area (Å²) in [5.41, 5.74) is 2.86. The number of nitrogens with one attached hydrogen (secondary N) is 1. The number of carbonyl (C=O) groups excluding carboxylic acids is 1. The minimum absolute atomic E-state index is 0.173. The third kappa shape index (κ3) is 4.30. The van der Waals surface area contributed by atoms with Gasteiger partial charge >= 0.3 is 0 Å². The molecule has 3 aromatic rings. The molecule has 0 saturated heterocycles. The number of thioether (sulfide) groups is 1. The van der Waals surface area contributed by atoms with Crippen molar-refractivity contribution in [3.8, 4) is 6.07 Å². The predicted octanol–water partition coefficient (Wildman–Crippen LogP) is 3.67. The molecule has 1 heterocycles. The Hall–Kier alpha value is -2.82. The third-order valence-corrected chi connectivity index (χ3v) is 5.19. The molecule has 0 fully saturated rings. The highest BCUT2D eigenvalue weighted by Crippen LogP contribution is 2.28. The molecule has 3 rings (SSSR count). The average Bonchev–Trinajstić information content (AvgIpc) is 3.03. The summed E-state index contributed by atoms with van der Waals surface area (Å²) in [7, 11) is 1.66. The van der Waals surface area contributed by atoms with Crippen molar-refractivity contribution in [1.29, 1.82) is 5.26 Å². The van der Waals surface area contributed by atoms with Crippen LogP contribution in [-0.2, 0) is 16.1 Å². The monoisotopic (exact) mass is 380 g/mol. The summed E-state index contributed by atoms with van der Waals surface area (Å²) in [5, 5.41) is 12.4. The molecule has 0 saturated carbocycles. The lowest BCUT2D eigenvalue weighted by Crippen LogP contribution is -2.23. The Labute approximate surface area is 162 Å². The number of fused-ring (bicyclic) bond motifs is 1. The Morgan fingerprint density at radius 1 is 1.30 bits per heavy atom. The number of hydrogen-bond acceptors (Lipinski definition) is 5. The fourth-order valence-corrected chi connectivity index (χ4v) is 3.63. The lowest BCUT2D eigenvalue weighted by molar-refractivity contribution is -0.115. The predicted molar refractivity (Wildman–Crippen MR) is 107 cm³/mol. The van der Waals surface area contributed by atoms with Crippen molar-refractivity contribution >= 4 is 34.4 Å². The Bertz CT molecular complexity index is 993. The van der Waals surface area contributed by atoms with Crippen LogP contribution in [0.5, 0.6) is 0 Å². The van der Waals surface area contributed by atoms with Crippen molar-refractivity contribution < 1.29 is 9.53 Å². The van der Waals surface area contributed by atoms with Gasteiger partial charge in [-0.1, -0.05) is 36.0 Å². The van der Waals surface area contributed by atoms with E-state index in [2.05, 4.69) is 20.9 Å². The molecule has 6 nitrogen and oxygen atoms in total. The summed E-state index contributed by atoms with van der Waals surface area (Å²) in [6.07, 6.45) is 0. The second kappa shape index (κ2) is 8.71. The van der Waals surface area contributed by atoms with Crippen LogP contribution in [0.25, 0.3) is 11.0 Å². The van der Waals surface area contributed by atoms with Crippen LogP contribution in [0.3, 0.4) is 0 Å². The largest absolute Gasteiger partial charge is 0.383 e. The first kappa shape index (κ1) is 19.0. The number of anilines is 1. The number of benzene rings is 2. The highest BCUT2D eigenvalue weighted by Gasteiger charge is 2.20. The number of rotatable bonds is 7. The van der Waals surface area contributed by atoms with E-state index in [1.165, 1.54) is 11.8 Å². The Kier molecular flexibility index (Phi) is 6.12. The van der Waals surface area contributed by atoms with Crippen LogP contribution in [0.15, 0.2) is 53.7 Å². The van der Waals surface area contributed by atoms with Crippen molar-refractivity contribution in [2.24, 2.45) is 0 Å². The van der Waals surface area contributed by atoms with Gasteiger partial charge in [-0.25, -0.2) is 4.98 Å². The smallest absolute Gasteiger partial charge is 0.237 e. The quantitative estimate of drug-likeness (QED) is 0.633. The molecule has 0 aliphatic carbocycles. The van der Waals surface area contributed by atoms with Crippen LogP contribution in [0.2, 0.25) is 0 Å². The van der Waals surface area contributed by atoms with Gasteiger partial charge in [-0.15, -0.1) is 0 Å². The molecule has 1 amide bonds. The lowest BCUT2D eigenvalue weighted by atomic mass is 10.2. The van der Waals surface area contributed by atoms with Crippen LogP contribution in [0.1, 0.15) is 12.5 Å². The first-order valence-electron chi connectivity index (χ1n) is 8.55. The summed E-state index contributed by atoms with van der Waals surface area (Å²) >= 11 is 1.39. The highest BCUT2D eigenvalue weighted by molar-refractivity contribution is 8.00. The molecule has 1 N–H and O–H groups in total. The van der Waals surface area contributed by atoms with Gasteiger partial charge in [0.05, 0.1) is 34.1 Å². The molecule has 0 aliphatic heterocycles. The zero-order valence-electron chi connectivity index (χ0n) is 15.2. The van der Waals surface area contributed by atoms with Gasteiger partial charge in [-0.05, 0) is 31.2 Å². The van der Waals surface area contributed by atoms with Crippen molar-refractivity contribution in [2.75, 3.05) is 19.0 Å². The van der Waals surface area contributed by atoms with E-state index in [4.69, 9.17) is 4.74 Å². The number of nitriles is 1. The number of imidazole rings is 1. The molecule has 27 heavy (non-hydrogen) atoms. The Balaban J connectivity index is 1.80. The zero-order valence-corrected chi connectivity index (χ0v) is 16.0. The van der Waals surface area contributed by atoms with E-state index in [1.54, 1.807) is 31.4 Å². The minimum atomic E-state index is -0.380. The van der Waals surface area contributed by atoms with Crippen LogP contribution in [-0.4, -0.2) is 34.4 Å². The molecule has 0 radical (unpaired) electrons. The van der Waals surface area contributed by atoms with Crippen molar-refractivity contribution in [2.45, 2.75) is 23.9 Å². The number of hydrogen-bond donors (Lipinski definition) is 1. The van der Waals surface area contributed by atoms with E-state index in [-0.39, 0.29) is 11.2 Å². The van der Waals surface area contributed by atoms with Crippen LogP contribution >= 0.6 is 11.8 Å². The van der Waals surface area contributed by atoms with Gasteiger partial charge in [0.2, 0.25) is 5.91 Å². The van der Waals surface area contributed by atoms with Crippen LogP contribution in [0, 0.1) is 11.3 Å². The average molecular weight is 380 g/mol. The molecular weight excluding hydrogens is 360 g/mol. The van der Waals surface area contributed by atoms with Gasteiger partial charge in [0, 0.05) is 13.7 Å². The molecule has 7 heteroatoms. The molecule has 0 spiro atoms. The summed E-state index contributed by atoms with van der Waals surface area (Å²) in [5.74, 6) is -0.173. The maximum absolute atomic E-state index is 12.6. The van der Waals surface area contributed by atoms with E-state index < -0.39 is 0 Å². The first-order valence-corrected chi connectivity index (χ1v) is 9.43. The van der Waals surface area contributed by atoms with E-state index in [0.29, 0.717) is 24.4 Å². The first-order chi connectivity index (χ1) is 13.1. The van der Waals surface area contributed by atoms with E-state index >= 15 is 0 Å². The number of para-hydroxylation sites is 3. The fraction of sp³-hybridized carbons (Fsp3) is 0.250. The fourth-order valence-electron chi connectivity index (χ4n) is 2.68. The minimum Gasteiger partial charge on any atom is -0.383 e. The molecule has 1 atom stereocenters. The van der Waals surface area contributed by atoms with E-state index in [9.17, 15) is 10.1 Å². The van der Waals surface area contributed by atoms with Gasteiger partial charge < -0.3 is 14.6 Å². The molecule has 138 valence electrons. The van der Waals surface area contributed by atoms with Crippen molar-refractivity contribution in [3.05, 3.63) is 54.1 Å². The highest BCUT2D eigenvalue weighted by atomic mass is 32.2. The third-order valence-electron chi connectivity index (χ3n) is 4.10. The maximum Gasteiger partial charge on any atom is 0.237 e. The molecule has 2 aromatic carbocycles. The zero-order chi connectivity index (χ0) is 19.2. The second-order valence-electron chi connectivity index (χ2n) is 5.93. The Morgan fingerprint density at radius 2 is 2.04 bits per heavy atom. The molecule has 0 aliphatic rings. The normalized spacial score (nSPS) is 11.9. The van der Waals surface area contributed by atoms with E-state index in [1.807, 2.05) is 31.2 Å². The summed E-state index contributed by atoms with van der Waals surface area (Å²) in [6.45, 7) is 3.05. The van der Waals surface area contributed by atoms with Crippen LogP contribution in [0.4, 0.5) is 5.69 Å². The maximum atomic E-state index is 12.6. The number of ether oxygens (including phenoxy) is 1. The number of aromatic nitrogens is 2. The number of methoxy groups -OCH3 is 1. The number of nitrogens with zero attached hydrogens (tertiary/aromatic N) is 3. The summed E-state index contributed by atoms with van der Waals surface area (Å²) < 4.78 is 7.27. The van der Waals surface area contributed by atoms with Gasteiger partial charge in [-0.3, -0.25) is 4.79 Å². The molecule has 0 unspecified atom stereocenters. The molecule has 1 aromatic heterocycles. The Morgan fingerprint density at radius 3 is 2.81 bits per heavy atom. The topological polar surface area (TPSA) is 79.9 Å². The number of amides is 1. The van der Waals surface area contributed by atoms with Gasteiger partial charge in [0.25, 0.3) is 0 Å². The van der Waals surface area contributed by atoms with Crippen molar-refractivity contribution in [1.82, 2.24) is 9.55 Å².